The van der Waals surface area contributed by atoms with Crippen LogP contribution in [0.5, 0.6) is 5.75 Å². The Morgan fingerprint density at radius 1 is 1.05 bits per heavy atom. The number of carbonyl (C=O) groups is 3. The van der Waals surface area contributed by atoms with Gasteiger partial charge >= 0.3 is 6.09 Å². The highest BCUT2D eigenvalue weighted by Gasteiger charge is 2.43. The molecule has 4 atom stereocenters. The van der Waals surface area contributed by atoms with Crippen LogP contribution in [0.15, 0.2) is 48.5 Å². The van der Waals surface area contributed by atoms with Gasteiger partial charge in [-0.3, -0.25) is 14.8 Å². The number of aromatic hydroxyl groups is 1. The average molecular weight is 554 g/mol. The molecular weight excluding hydrogens is 514 g/mol. The van der Waals surface area contributed by atoms with Crippen LogP contribution >= 0.6 is 0 Å². The number of fused-ring (bicyclic) bond motifs is 1. The van der Waals surface area contributed by atoms with E-state index < -0.39 is 47.5 Å². The molecule has 0 radical (unpaired) electrons. The lowest BCUT2D eigenvalue weighted by atomic mass is 9.73. The fourth-order valence-corrected chi connectivity index (χ4v) is 5.90. The largest absolute Gasteiger partial charge is 0.508 e. The molecule has 4 rings (SSSR count). The second-order valence-electron chi connectivity index (χ2n) is 11.7. The van der Waals surface area contributed by atoms with Crippen molar-refractivity contribution < 1.29 is 34.5 Å². The summed E-state index contributed by atoms with van der Waals surface area (Å²) in [4.78, 5) is 41.3. The van der Waals surface area contributed by atoms with E-state index in [1.54, 1.807) is 49.4 Å². The third-order valence-electron chi connectivity index (χ3n) is 7.75. The summed E-state index contributed by atoms with van der Waals surface area (Å²) in [6, 6.07) is 13.4. The number of ether oxygens (including phenoxy) is 1. The normalized spacial score (nSPS) is 20.8. The van der Waals surface area contributed by atoms with Crippen LogP contribution in [0.4, 0.5) is 4.79 Å². The first-order valence-corrected chi connectivity index (χ1v) is 13.7. The second-order valence-corrected chi connectivity index (χ2v) is 11.7. The van der Waals surface area contributed by atoms with Gasteiger partial charge in [0.25, 0.3) is 0 Å². The lowest BCUT2D eigenvalue weighted by Gasteiger charge is -2.38. The van der Waals surface area contributed by atoms with E-state index in [1.807, 2.05) is 24.3 Å². The maximum atomic E-state index is 13.9. The maximum Gasteiger partial charge on any atom is 0.410 e. The van der Waals surface area contributed by atoms with Crippen molar-refractivity contribution in [2.45, 2.75) is 64.2 Å². The number of rotatable bonds is 7. The van der Waals surface area contributed by atoms with Gasteiger partial charge in [-0.1, -0.05) is 36.4 Å². The molecule has 1 heterocycles. The van der Waals surface area contributed by atoms with Gasteiger partial charge in [-0.15, -0.1) is 0 Å². The summed E-state index contributed by atoms with van der Waals surface area (Å²) in [5.74, 6) is -3.27. The van der Waals surface area contributed by atoms with E-state index in [2.05, 4.69) is 5.32 Å². The van der Waals surface area contributed by atoms with Crippen molar-refractivity contribution in [3.05, 3.63) is 65.2 Å². The summed E-state index contributed by atoms with van der Waals surface area (Å²) in [6.45, 7) is 6.06. The van der Waals surface area contributed by atoms with Crippen molar-refractivity contribution in [1.82, 2.24) is 15.7 Å². The van der Waals surface area contributed by atoms with Crippen molar-refractivity contribution in [2.24, 2.45) is 17.8 Å². The van der Waals surface area contributed by atoms with Crippen LogP contribution in [0.25, 0.3) is 0 Å². The number of aliphatic hydroxyl groups is 1. The van der Waals surface area contributed by atoms with Crippen molar-refractivity contribution in [3.63, 3.8) is 0 Å². The number of hydrogen-bond donors (Lipinski definition) is 5. The molecule has 0 aromatic heterocycles. The van der Waals surface area contributed by atoms with E-state index in [0.717, 1.165) is 11.1 Å². The van der Waals surface area contributed by atoms with Crippen molar-refractivity contribution in [2.75, 3.05) is 13.1 Å². The summed E-state index contributed by atoms with van der Waals surface area (Å²) < 4.78 is 5.49. The van der Waals surface area contributed by atoms with Gasteiger partial charge in [-0.25, -0.2) is 10.3 Å². The van der Waals surface area contributed by atoms with Gasteiger partial charge in [0, 0.05) is 19.5 Å². The summed E-state index contributed by atoms with van der Waals surface area (Å²) in [7, 11) is 0. The number of piperidine rings is 1. The SMILES string of the molecule is CC(C)(C)OC(=O)N1CCC([C@H](C(=O)NO)[C@@H](Cc2cccc(O)c2)C(=O)N[C@H]2c3ccccc3C[C@H]2O)CC1. The molecule has 0 saturated carbocycles. The van der Waals surface area contributed by atoms with Crippen LogP contribution in [0.1, 0.15) is 56.3 Å². The zero-order valence-corrected chi connectivity index (χ0v) is 23.2. The molecule has 0 unspecified atom stereocenters. The third-order valence-corrected chi connectivity index (χ3v) is 7.75. The van der Waals surface area contributed by atoms with Gasteiger partial charge < -0.3 is 25.2 Å². The highest BCUT2D eigenvalue weighted by Crippen LogP contribution is 2.36. The van der Waals surface area contributed by atoms with Crippen LogP contribution in [-0.4, -0.2) is 63.0 Å². The summed E-state index contributed by atoms with van der Waals surface area (Å²) >= 11 is 0. The minimum Gasteiger partial charge on any atom is -0.508 e. The van der Waals surface area contributed by atoms with Crippen LogP contribution in [-0.2, 0) is 27.2 Å². The van der Waals surface area contributed by atoms with Gasteiger partial charge in [0.1, 0.15) is 11.4 Å². The molecule has 1 saturated heterocycles. The highest BCUT2D eigenvalue weighted by atomic mass is 16.6. The zero-order valence-electron chi connectivity index (χ0n) is 23.2. The number of phenolic OH excluding ortho intramolecular Hbond substituents is 1. The molecule has 3 amide bonds. The number of nitrogens with one attached hydrogen (secondary N) is 2. The first-order chi connectivity index (χ1) is 19.0. The van der Waals surface area contributed by atoms with Crippen LogP contribution in [0.2, 0.25) is 0 Å². The van der Waals surface area contributed by atoms with Crippen LogP contribution in [0, 0.1) is 17.8 Å². The molecule has 5 N–H and O–H groups in total. The van der Waals surface area contributed by atoms with E-state index in [4.69, 9.17) is 4.74 Å². The summed E-state index contributed by atoms with van der Waals surface area (Å²) in [5.41, 5.74) is 3.54. The van der Waals surface area contributed by atoms with E-state index in [9.17, 15) is 29.8 Å². The first-order valence-electron chi connectivity index (χ1n) is 13.7. The molecule has 1 fully saturated rings. The maximum absolute atomic E-state index is 13.9. The zero-order chi connectivity index (χ0) is 29.0. The molecule has 0 bridgehead atoms. The molecular formula is C30H39N3O7. The molecule has 10 heteroatoms. The molecule has 0 spiro atoms. The molecule has 40 heavy (non-hydrogen) atoms. The number of phenols is 1. The first kappa shape index (κ1) is 29.4. The second kappa shape index (κ2) is 12.3. The fourth-order valence-electron chi connectivity index (χ4n) is 5.90. The Hall–Kier alpha value is -3.63. The molecule has 2 aromatic carbocycles. The topological polar surface area (TPSA) is 148 Å². The Balaban J connectivity index is 1.59. The quantitative estimate of drug-likeness (QED) is 0.261. The lowest BCUT2D eigenvalue weighted by molar-refractivity contribution is -0.144. The number of amides is 3. The predicted molar refractivity (Wildman–Crippen MR) is 146 cm³/mol. The lowest BCUT2D eigenvalue weighted by Crippen LogP contribution is -2.50. The van der Waals surface area contributed by atoms with Gasteiger partial charge in [-0.05, 0) is 74.8 Å². The van der Waals surface area contributed by atoms with Gasteiger partial charge in [0.2, 0.25) is 11.8 Å². The Kier molecular flexibility index (Phi) is 9.00. The Bertz CT molecular complexity index is 1220. The smallest absolute Gasteiger partial charge is 0.410 e. The van der Waals surface area contributed by atoms with Gasteiger partial charge in [0.15, 0.2) is 0 Å². The standard InChI is InChI=1S/C30H39N3O7/c1-30(2,3)40-29(38)33-13-11-19(12-14-33)25(28(37)32-39)23(16-18-7-6-9-21(34)15-18)27(36)31-26-22-10-5-4-8-20(22)17-24(26)35/h4-10,15,19,23-26,34-35,39H,11-14,16-17H2,1-3H3,(H,31,36)(H,32,37)/t23-,24-,25+,26+/m1/s1. The predicted octanol–water partition coefficient (Wildman–Crippen LogP) is 3.09. The molecule has 2 aliphatic rings. The van der Waals surface area contributed by atoms with Crippen LogP contribution < -0.4 is 10.8 Å². The van der Waals surface area contributed by atoms with Crippen molar-refractivity contribution >= 4 is 17.9 Å². The number of hydrogen-bond acceptors (Lipinski definition) is 7. The molecule has 10 nitrogen and oxygen atoms in total. The number of benzene rings is 2. The third kappa shape index (κ3) is 6.92. The van der Waals surface area contributed by atoms with Gasteiger partial charge in [-0.2, -0.15) is 0 Å². The average Bonchev–Trinajstić information content (AvgIpc) is 3.22. The molecule has 1 aliphatic heterocycles. The van der Waals surface area contributed by atoms with E-state index in [0.29, 0.717) is 37.9 Å². The highest BCUT2D eigenvalue weighted by molar-refractivity contribution is 5.88. The Morgan fingerprint density at radius 3 is 2.40 bits per heavy atom. The Morgan fingerprint density at radius 2 is 1.75 bits per heavy atom. The fraction of sp³-hybridized carbons (Fsp3) is 0.500. The van der Waals surface area contributed by atoms with E-state index in [1.165, 1.54) is 6.07 Å². The summed E-state index contributed by atoms with van der Waals surface area (Å²) in [5, 5.41) is 33.5. The molecule has 2 aromatic rings. The van der Waals surface area contributed by atoms with Crippen LogP contribution in [0.3, 0.4) is 0 Å². The number of likely N-dealkylation sites (tertiary alicyclic amines) is 1. The van der Waals surface area contributed by atoms with Gasteiger partial charge in [0.05, 0.1) is 24.0 Å². The number of hydroxylamine groups is 1. The summed E-state index contributed by atoms with van der Waals surface area (Å²) in [6.07, 6.45) is 0.130. The number of nitrogens with zero attached hydrogens (tertiary/aromatic N) is 1. The molecule has 1 aliphatic carbocycles. The number of carbonyl (C=O) groups excluding carboxylic acids is 3. The Labute approximate surface area is 234 Å². The monoisotopic (exact) mass is 553 g/mol. The molecule has 216 valence electrons. The minimum absolute atomic E-state index is 0.0330. The van der Waals surface area contributed by atoms with Crippen molar-refractivity contribution in [1.29, 1.82) is 0 Å². The van der Waals surface area contributed by atoms with E-state index in [-0.39, 0.29) is 18.1 Å². The minimum atomic E-state index is -0.929. The van der Waals surface area contributed by atoms with E-state index >= 15 is 0 Å². The van der Waals surface area contributed by atoms with Crippen molar-refractivity contribution in [3.8, 4) is 5.75 Å². The number of aliphatic hydroxyl groups excluding tert-OH is 1.